The minimum absolute atomic E-state index is 0.518. The number of piperazine rings is 1. The molecule has 4 heterocycles. The highest BCUT2D eigenvalue weighted by molar-refractivity contribution is 7.18. The van der Waals surface area contributed by atoms with Crippen LogP contribution in [-0.2, 0) is 6.54 Å². The van der Waals surface area contributed by atoms with E-state index in [4.69, 9.17) is 15.2 Å². The average molecular weight is 371 g/mol. The van der Waals surface area contributed by atoms with Crippen LogP contribution in [0.1, 0.15) is 29.1 Å². The van der Waals surface area contributed by atoms with Crippen LogP contribution >= 0.6 is 11.3 Å². The second-order valence-corrected chi connectivity index (χ2v) is 8.53. The van der Waals surface area contributed by atoms with Gasteiger partial charge in [-0.05, 0) is 45.3 Å². The molecule has 0 unspecified atom stereocenters. The molecule has 0 amide bonds. The van der Waals surface area contributed by atoms with Gasteiger partial charge in [0, 0.05) is 31.1 Å². The van der Waals surface area contributed by atoms with E-state index in [0.717, 1.165) is 62.3 Å². The van der Waals surface area contributed by atoms with Gasteiger partial charge in [0.05, 0.1) is 24.5 Å². The van der Waals surface area contributed by atoms with Crippen molar-refractivity contribution < 1.29 is 0 Å². The number of hydrogen-bond donors (Lipinski definition) is 0. The maximum Gasteiger partial charge on any atom is 0.146 e. The maximum absolute atomic E-state index is 8.92. The topological polar surface area (TPSA) is 59.3 Å². The molecule has 2 aromatic heterocycles. The number of nitriles is 1. The summed E-state index contributed by atoms with van der Waals surface area (Å²) in [6, 6.07) is 2.26. The fourth-order valence-corrected chi connectivity index (χ4v) is 4.97. The van der Waals surface area contributed by atoms with Crippen LogP contribution in [0.3, 0.4) is 0 Å². The molecule has 0 spiro atoms. The van der Waals surface area contributed by atoms with Gasteiger partial charge in [-0.25, -0.2) is 9.97 Å². The monoisotopic (exact) mass is 370 g/mol. The summed E-state index contributed by atoms with van der Waals surface area (Å²) in [5.74, 6) is 2.05. The van der Waals surface area contributed by atoms with Crippen molar-refractivity contribution in [3.63, 3.8) is 0 Å². The van der Waals surface area contributed by atoms with Gasteiger partial charge in [0.15, 0.2) is 0 Å². The summed E-state index contributed by atoms with van der Waals surface area (Å²) in [7, 11) is 0. The molecule has 0 bridgehead atoms. The predicted octanol–water partition coefficient (Wildman–Crippen LogP) is 2.55. The van der Waals surface area contributed by atoms with Gasteiger partial charge in [-0.2, -0.15) is 5.26 Å². The largest absolute Gasteiger partial charge is 0.353 e. The summed E-state index contributed by atoms with van der Waals surface area (Å²) < 4.78 is 0. The summed E-state index contributed by atoms with van der Waals surface area (Å²) in [6.45, 7) is 11.7. The van der Waals surface area contributed by atoms with Crippen LogP contribution in [0.5, 0.6) is 0 Å². The molecule has 4 rings (SSSR count). The third kappa shape index (κ3) is 3.41. The van der Waals surface area contributed by atoms with Gasteiger partial charge in [0.25, 0.3) is 0 Å². The normalized spacial score (nSPS) is 19.3. The third-order valence-corrected chi connectivity index (χ3v) is 6.69. The Labute approximate surface area is 159 Å². The molecule has 0 saturated carbocycles. The van der Waals surface area contributed by atoms with Gasteiger partial charge >= 0.3 is 0 Å². The first-order valence-electron chi connectivity index (χ1n) is 9.49. The standard InChI is InChI=1S/C19H26N6S/c1-14-15(2)26-19-17(14)18(25-11-9-23(8-5-20)10-12-25)21-16(22-19)13-24-6-3-4-7-24/h3-4,6-13H2,1-2H3. The fraction of sp³-hybridized carbons (Fsp3) is 0.632. The van der Waals surface area contributed by atoms with Gasteiger partial charge in [-0.3, -0.25) is 9.80 Å². The lowest BCUT2D eigenvalue weighted by atomic mass is 10.2. The molecule has 2 aliphatic rings. The number of thiophene rings is 1. The zero-order chi connectivity index (χ0) is 18.1. The van der Waals surface area contributed by atoms with Crippen molar-refractivity contribution in [3.8, 4) is 6.07 Å². The molecule has 0 aliphatic carbocycles. The molecule has 138 valence electrons. The number of rotatable bonds is 4. The van der Waals surface area contributed by atoms with E-state index in [-0.39, 0.29) is 0 Å². The van der Waals surface area contributed by atoms with E-state index in [0.29, 0.717) is 6.54 Å². The Bertz CT molecular complexity index is 825. The van der Waals surface area contributed by atoms with Gasteiger partial charge in [-0.1, -0.05) is 0 Å². The number of fused-ring (bicyclic) bond motifs is 1. The molecule has 2 fully saturated rings. The Balaban J connectivity index is 1.66. The molecule has 2 aliphatic heterocycles. The molecule has 7 heteroatoms. The van der Waals surface area contributed by atoms with Crippen molar-refractivity contribution in [1.82, 2.24) is 19.8 Å². The predicted molar refractivity (Wildman–Crippen MR) is 106 cm³/mol. The third-order valence-electron chi connectivity index (χ3n) is 5.59. The molecule has 2 aromatic rings. The average Bonchev–Trinajstić information content (AvgIpc) is 3.24. The maximum atomic E-state index is 8.92. The number of aryl methyl sites for hydroxylation is 2. The van der Waals surface area contributed by atoms with E-state index in [1.54, 1.807) is 11.3 Å². The molecule has 0 radical (unpaired) electrons. The molecule has 2 saturated heterocycles. The Morgan fingerprint density at radius 2 is 1.73 bits per heavy atom. The highest BCUT2D eigenvalue weighted by atomic mass is 32.1. The van der Waals surface area contributed by atoms with Gasteiger partial charge in [-0.15, -0.1) is 11.3 Å². The van der Waals surface area contributed by atoms with Crippen LogP contribution in [-0.4, -0.2) is 65.6 Å². The van der Waals surface area contributed by atoms with Gasteiger partial charge in [0.2, 0.25) is 0 Å². The smallest absolute Gasteiger partial charge is 0.146 e. The van der Waals surface area contributed by atoms with Crippen molar-refractivity contribution in [2.45, 2.75) is 33.2 Å². The second kappa shape index (κ2) is 7.47. The SMILES string of the molecule is Cc1sc2nc(CN3CCCC3)nc(N3CCN(CC#N)CC3)c2c1C. The van der Waals surface area contributed by atoms with E-state index in [1.807, 2.05) is 0 Å². The van der Waals surface area contributed by atoms with Crippen LogP contribution < -0.4 is 4.90 Å². The highest BCUT2D eigenvalue weighted by Gasteiger charge is 2.24. The molecule has 0 atom stereocenters. The van der Waals surface area contributed by atoms with Gasteiger partial charge in [0.1, 0.15) is 16.5 Å². The van der Waals surface area contributed by atoms with Crippen molar-refractivity contribution >= 4 is 27.4 Å². The van der Waals surface area contributed by atoms with Crippen LogP contribution in [0.15, 0.2) is 0 Å². The fourth-order valence-electron chi connectivity index (χ4n) is 3.93. The lowest BCUT2D eigenvalue weighted by Crippen LogP contribution is -2.46. The van der Waals surface area contributed by atoms with Crippen molar-refractivity contribution in [3.05, 3.63) is 16.3 Å². The first-order valence-corrected chi connectivity index (χ1v) is 10.3. The minimum Gasteiger partial charge on any atom is -0.353 e. The van der Waals surface area contributed by atoms with Crippen LogP contribution in [0, 0.1) is 25.2 Å². The lowest BCUT2D eigenvalue weighted by molar-refractivity contribution is 0.286. The molecule has 26 heavy (non-hydrogen) atoms. The summed E-state index contributed by atoms with van der Waals surface area (Å²) in [6.07, 6.45) is 2.57. The molecular formula is C19H26N6S. The van der Waals surface area contributed by atoms with Crippen molar-refractivity contribution in [1.29, 1.82) is 5.26 Å². The lowest BCUT2D eigenvalue weighted by Gasteiger charge is -2.34. The quantitative estimate of drug-likeness (QED) is 0.771. The number of anilines is 1. The zero-order valence-electron chi connectivity index (χ0n) is 15.7. The van der Waals surface area contributed by atoms with Crippen molar-refractivity contribution in [2.24, 2.45) is 0 Å². The van der Waals surface area contributed by atoms with Crippen LogP contribution in [0.4, 0.5) is 5.82 Å². The molecule has 0 N–H and O–H groups in total. The zero-order valence-corrected chi connectivity index (χ0v) is 16.5. The van der Waals surface area contributed by atoms with E-state index in [9.17, 15) is 0 Å². The Morgan fingerprint density at radius 3 is 2.42 bits per heavy atom. The van der Waals surface area contributed by atoms with E-state index >= 15 is 0 Å². The number of nitrogens with zero attached hydrogens (tertiary/aromatic N) is 6. The summed E-state index contributed by atoms with van der Waals surface area (Å²) >= 11 is 1.79. The Hall–Kier alpha value is -1.75. The molecular weight excluding hydrogens is 344 g/mol. The molecule has 6 nitrogen and oxygen atoms in total. The van der Waals surface area contributed by atoms with Crippen LogP contribution in [0.2, 0.25) is 0 Å². The Kier molecular flexibility index (Phi) is 5.07. The molecule has 0 aromatic carbocycles. The second-order valence-electron chi connectivity index (χ2n) is 7.33. The Morgan fingerprint density at radius 1 is 1.00 bits per heavy atom. The van der Waals surface area contributed by atoms with E-state index < -0.39 is 0 Å². The number of likely N-dealkylation sites (tertiary alicyclic amines) is 1. The first kappa shape index (κ1) is 17.7. The highest BCUT2D eigenvalue weighted by Crippen LogP contribution is 2.35. The number of hydrogen-bond acceptors (Lipinski definition) is 7. The van der Waals surface area contributed by atoms with Crippen LogP contribution in [0.25, 0.3) is 10.2 Å². The summed E-state index contributed by atoms with van der Waals surface area (Å²) in [4.78, 5) is 19.5. The van der Waals surface area contributed by atoms with Crippen molar-refractivity contribution in [2.75, 3.05) is 50.7 Å². The summed E-state index contributed by atoms with van der Waals surface area (Å²) in [5.41, 5.74) is 1.31. The first-order chi connectivity index (χ1) is 12.7. The van der Waals surface area contributed by atoms with E-state index in [1.165, 1.54) is 28.7 Å². The minimum atomic E-state index is 0.518. The number of aromatic nitrogens is 2. The van der Waals surface area contributed by atoms with Gasteiger partial charge < -0.3 is 4.90 Å². The summed E-state index contributed by atoms with van der Waals surface area (Å²) in [5, 5.41) is 10.2. The van der Waals surface area contributed by atoms with E-state index in [2.05, 4.69) is 34.6 Å².